The van der Waals surface area contributed by atoms with Crippen LogP contribution in [0.15, 0.2) is 0 Å². The molecule has 1 unspecified atom stereocenters. The van der Waals surface area contributed by atoms with Gasteiger partial charge in [-0.2, -0.15) is 0 Å². The zero-order valence-corrected chi connectivity index (χ0v) is 9.93. The van der Waals surface area contributed by atoms with Crippen LogP contribution in [0.4, 0.5) is 4.79 Å². The Morgan fingerprint density at radius 1 is 1.59 bits per heavy atom. The van der Waals surface area contributed by atoms with E-state index in [4.69, 9.17) is 5.73 Å². The first-order valence-electron chi connectivity index (χ1n) is 5.45. The third kappa shape index (κ3) is 3.42. The molecule has 0 aromatic carbocycles. The van der Waals surface area contributed by atoms with Gasteiger partial charge in [-0.15, -0.1) is 0 Å². The molecule has 1 aliphatic heterocycles. The molecule has 3 amide bonds. The van der Waals surface area contributed by atoms with Gasteiger partial charge in [-0.05, 0) is 13.8 Å². The summed E-state index contributed by atoms with van der Waals surface area (Å²) in [5.41, 5.74) is 4.78. The van der Waals surface area contributed by atoms with E-state index in [1.807, 2.05) is 0 Å². The second kappa shape index (κ2) is 5.62. The van der Waals surface area contributed by atoms with E-state index in [0.29, 0.717) is 6.54 Å². The number of likely N-dealkylation sites (tertiary alicyclic amines) is 1. The zero-order valence-electron chi connectivity index (χ0n) is 9.93. The van der Waals surface area contributed by atoms with Crippen molar-refractivity contribution in [1.29, 1.82) is 0 Å². The SMILES string of the molecule is CC(C)N1C(=O)CC(NCCOC(N)=O)C1=O. The monoisotopic (exact) mass is 243 g/mol. The molecule has 1 aliphatic rings. The lowest BCUT2D eigenvalue weighted by Crippen LogP contribution is -2.42. The minimum absolute atomic E-state index is 0.0784. The molecule has 3 N–H and O–H groups in total. The van der Waals surface area contributed by atoms with Crippen molar-refractivity contribution >= 4 is 17.9 Å². The molecule has 0 spiro atoms. The first kappa shape index (κ1) is 13.4. The van der Waals surface area contributed by atoms with Gasteiger partial charge in [-0.1, -0.05) is 0 Å². The van der Waals surface area contributed by atoms with Gasteiger partial charge >= 0.3 is 6.09 Å². The Hall–Kier alpha value is -1.63. The molecular weight excluding hydrogens is 226 g/mol. The van der Waals surface area contributed by atoms with Crippen LogP contribution in [0.3, 0.4) is 0 Å². The molecule has 96 valence electrons. The Bertz CT molecular complexity index is 330. The van der Waals surface area contributed by atoms with Crippen molar-refractivity contribution in [3.8, 4) is 0 Å². The molecule has 7 nitrogen and oxygen atoms in total. The highest BCUT2D eigenvalue weighted by Crippen LogP contribution is 2.15. The summed E-state index contributed by atoms with van der Waals surface area (Å²) in [6.07, 6.45) is -0.711. The number of hydrogen-bond donors (Lipinski definition) is 2. The number of rotatable bonds is 5. The van der Waals surface area contributed by atoms with Gasteiger partial charge in [-0.25, -0.2) is 4.79 Å². The standard InChI is InChI=1S/C10H17N3O4/c1-6(2)13-8(14)5-7(9(13)15)12-3-4-17-10(11)16/h6-7,12H,3-5H2,1-2H3,(H2,11,16). The van der Waals surface area contributed by atoms with Crippen molar-refractivity contribution in [2.45, 2.75) is 32.4 Å². The molecule has 0 aliphatic carbocycles. The van der Waals surface area contributed by atoms with Gasteiger partial charge in [0.25, 0.3) is 0 Å². The molecule has 1 heterocycles. The van der Waals surface area contributed by atoms with Gasteiger partial charge < -0.3 is 15.8 Å². The Labute approximate surface area is 99.3 Å². The topological polar surface area (TPSA) is 102 Å². The minimum atomic E-state index is -0.857. The van der Waals surface area contributed by atoms with Crippen LogP contribution in [0.5, 0.6) is 0 Å². The fourth-order valence-corrected chi connectivity index (χ4v) is 1.74. The van der Waals surface area contributed by atoms with Crippen molar-refractivity contribution < 1.29 is 19.1 Å². The highest BCUT2D eigenvalue weighted by Gasteiger charge is 2.39. The lowest BCUT2D eigenvalue weighted by molar-refractivity contribution is -0.140. The Kier molecular flexibility index (Phi) is 4.45. The maximum Gasteiger partial charge on any atom is 0.404 e. The van der Waals surface area contributed by atoms with E-state index >= 15 is 0 Å². The van der Waals surface area contributed by atoms with Gasteiger partial charge in [0, 0.05) is 12.6 Å². The van der Waals surface area contributed by atoms with Crippen molar-refractivity contribution in [2.24, 2.45) is 5.73 Å². The van der Waals surface area contributed by atoms with Gasteiger partial charge in [0.2, 0.25) is 11.8 Å². The van der Waals surface area contributed by atoms with E-state index in [1.165, 1.54) is 4.90 Å². The highest BCUT2D eigenvalue weighted by molar-refractivity contribution is 6.05. The zero-order chi connectivity index (χ0) is 13.0. The Morgan fingerprint density at radius 3 is 2.71 bits per heavy atom. The summed E-state index contributed by atoms with van der Waals surface area (Å²) in [6, 6.07) is -0.662. The molecular formula is C10H17N3O4. The molecule has 0 saturated carbocycles. The van der Waals surface area contributed by atoms with E-state index in [0.717, 1.165) is 0 Å². The van der Waals surface area contributed by atoms with Gasteiger partial charge in [0.05, 0.1) is 12.5 Å². The Balaban J connectivity index is 2.39. The number of nitrogens with two attached hydrogens (primary N) is 1. The summed E-state index contributed by atoms with van der Waals surface area (Å²) in [4.78, 5) is 34.9. The third-order valence-corrected chi connectivity index (χ3v) is 2.44. The van der Waals surface area contributed by atoms with E-state index in [1.54, 1.807) is 13.8 Å². The summed E-state index contributed by atoms with van der Waals surface area (Å²) in [6.45, 7) is 3.94. The summed E-state index contributed by atoms with van der Waals surface area (Å²) in [5, 5.41) is 2.86. The number of imide groups is 1. The van der Waals surface area contributed by atoms with Gasteiger partial charge in [-0.3, -0.25) is 14.5 Å². The number of primary amides is 1. The number of hydrogen-bond acceptors (Lipinski definition) is 5. The van der Waals surface area contributed by atoms with Gasteiger partial charge in [0.1, 0.15) is 6.61 Å². The molecule has 1 saturated heterocycles. The lowest BCUT2D eigenvalue weighted by atomic mass is 10.2. The highest BCUT2D eigenvalue weighted by atomic mass is 16.5. The normalized spacial score (nSPS) is 20.2. The number of amides is 3. The summed E-state index contributed by atoms with van der Waals surface area (Å²) in [5.74, 6) is -0.414. The van der Waals surface area contributed by atoms with Crippen molar-refractivity contribution in [1.82, 2.24) is 10.2 Å². The number of carbonyl (C=O) groups is 3. The van der Waals surface area contributed by atoms with Crippen LogP contribution in [-0.2, 0) is 14.3 Å². The average Bonchev–Trinajstić information content (AvgIpc) is 2.48. The van der Waals surface area contributed by atoms with Crippen LogP contribution >= 0.6 is 0 Å². The van der Waals surface area contributed by atoms with Crippen LogP contribution in [0.2, 0.25) is 0 Å². The number of carbonyl (C=O) groups excluding carboxylic acids is 3. The molecule has 1 rings (SSSR count). The molecule has 1 fully saturated rings. The fraction of sp³-hybridized carbons (Fsp3) is 0.700. The van der Waals surface area contributed by atoms with Crippen molar-refractivity contribution in [3.05, 3.63) is 0 Å². The number of nitrogens with zero attached hydrogens (tertiary/aromatic N) is 1. The van der Waals surface area contributed by atoms with E-state index in [-0.39, 0.29) is 30.9 Å². The molecule has 0 aromatic rings. The van der Waals surface area contributed by atoms with E-state index < -0.39 is 12.1 Å². The maximum absolute atomic E-state index is 11.8. The van der Waals surface area contributed by atoms with Crippen LogP contribution in [0.1, 0.15) is 20.3 Å². The Morgan fingerprint density at radius 2 is 2.24 bits per heavy atom. The first-order chi connectivity index (χ1) is 7.93. The summed E-state index contributed by atoms with van der Waals surface area (Å²) >= 11 is 0. The lowest BCUT2D eigenvalue weighted by Gasteiger charge is -2.19. The van der Waals surface area contributed by atoms with Crippen molar-refractivity contribution in [2.75, 3.05) is 13.2 Å². The van der Waals surface area contributed by atoms with Crippen LogP contribution in [0, 0.1) is 0 Å². The number of ether oxygens (including phenoxy) is 1. The number of nitrogens with one attached hydrogen (secondary N) is 1. The van der Waals surface area contributed by atoms with E-state index in [2.05, 4.69) is 10.1 Å². The van der Waals surface area contributed by atoms with E-state index in [9.17, 15) is 14.4 Å². The predicted molar refractivity (Wildman–Crippen MR) is 58.9 cm³/mol. The summed E-state index contributed by atoms with van der Waals surface area (Å²) < 4.78 is 4.50. The second-order valence-corrected chi connectivity index (χ2v) is 4.07. The predicted octanol–water partition coefficient (Wildman–Crippen LogP) is -0.793. The molecule has 0 radical (unpaired) electrons. The fourth-order valence-electron chi connectivity index (χ4n) is 1.74. The molecule has 0 aromatic heterocycles. The minimum Gasteiger partial charge on any atom is -0.448 e. The largest absolute Gasteiger partial charge is 0.448 e. The third-order valence-electron chi connectivity index (χ3n) is 2.44. The molecule has 0 bridgehead atoms. The maximum atomic E-state index is 11.8. The second-order valence-electron chi connectivity index (χ2n) is 4.07. The van der Waals surface area contributed by atoms with Gasteiger partial charge in [0.15, 0.2) is 0 Å². The molecule has 17 heavy (non-hydrogen) atoms. The van der Waals surface area contributed by atoms with Crippen molar-refractivity contribution in [3.63, 3.8) is 0 Å². The summed E-state index contributed by atoms with van der Waals surface area (Å²) in [7, 11) is 0. The quantitative estimate of drug-likeness (QED) is 0.486. The first-order valence-corrected chi connectivity index (χ1v) is 5.45. The molecule has 7 heteroatoms. The van der Waals surface area contributed by atoms with Crippen LogP contribution in [-0.4, -0.2) is 48.0 Å². The molecule has 1 atom stereocenters. The van der Waals surface area contributed by atoms with Crippen LogP contribution in [0.25, 0.3) is 0 Å². The smallest absolute Gasteiger partial charge is 0.404 e. The average molecular weight is 243 g/mol. The van der Waals surface area contributed by atoms with Crippen LogP contribution < -0.4 is 11.1 Å².